The largest absolute Gasteiger partial charge is 0.477 e. The van der Waals surface area contributed by atoms with Crippen LogP contribution >= 0.6 is 15.9 Å². The van der Waals surface area contributed by atoms with Gasteiger partial charge in [-0.2, -0.15) is 0 Å². The van der Waals surface area contributed by atoms with Crippen LogP contribution in [0.2, 0.25) is 0 Å². The molecule has 1 aromatic carbocycles. The maximum Gasteiger partial charge on any atom is 0.341 e. The summed E-state index contributed by atoms with van der Waals surface area (Å²) in [5, 5.41) is 19.8. The molecule has 1 heterocycles. The van der Waals surface area contributed by atoms with E-state index in [0.717, 1.165) is 6.20 Å². The second-order valence-corrected chi connectivity index (χ2v) is 4.42. The monoisotopic (exact) mass is 338 g/mol. The first-order valence-corrected chi connectivity index (χ1v) is 6.08. The Balaban J connectivity index is 2.43. The standard InChI is InChI=1S/C12H7BrN2O5/c13-11-8(15(18)19)2-1-3-10(11)20-9-4-5-14-6-7(9)12(16)17/h1-6H,(H,16,17). The summed E-state index contributed by atoms with van der Waals surface area (Å²) in [7, 11) is 0. The molecule has 0 bridgehead atoms. The molecule has 1 N–H and O–H groups in total. The normalized spacial score (nSPS) is 10.1. The van der Waals surface area contributed by atoms with Crippen molar-refractivity contribution in [1.29, 1.82) is 0 Å². The summed E-state index contributed by atoms with van der Waals surface area (Å²) in [5.41, 5.74) is -0.306. The minimum absolute atomic E-state index is 0.0497. The van der Waals surface area contributed by atoms with Crippen molar-refractivity contribution in [1.82, 2.24) is 4.98 Å². The summed E-state index contributed by atoms with van der Waals surface area (Å²) in [4.78, 5) is 25.0. The van der Waals surface area contributed by atoms with Crippen LogP contribution in [0.5, 0.6) is 11.5 Å². The third kappa shape index (κ3) is 2.75. The van der Waals surface area contributed by atoms with E-state index >= 15 is 0 Å². The Labute approximate surface area is 121 Å². The zero-order valence-corrected chi connectivity index (χ0v) is 11.4. The molecule has 0 fully saturated rings. The highest BCUT2D eigenvalue weighted by atomic mass is 79.9. The van der Waals surface area contributed by atoms with E-state index in [1.54, 1.807) is 0 Å². The predicted molar refractivity (Wildman–Crippen MR) is 72.1 cm³/mol. The number of carboxylic acid groups (broad SMARTS) is 1. The van der Waals surface area contributed by atoms with Crippen LogP contribution in [0.1, 0.15) is 10.4 Å². The summed E-state index contributed by atoms with van der Waals surface area (Å²) in [5.74, 6) is -1.00. The highest BCUT2D eigenvalue weighted by Crippen LogP contribution is 2.37. The number of nitro groups is 1. The van der Waals surface area contributed by atoms with Gasteiger partial charge >= 0.3 is 5.97 Å². The van der Waals surface area contributed by atoms with Crippen LogP contribution in [0.25, 0.3) is 0 Å². The van der Waals surface area contributed by atoms with Crippen LogP contribution in [0.15, 0.2) is 41.1 Å². The minimum atomic E-state index is -1.20. The average Bonchev–Trinajstić information content (AvgIpc) is 2.41. The van der Waals surface area contributed by atoms with Crippen molar-refractivity contribution in [2.75, 3.05) is 0 Å². The molecule has 1 aromatic heterocycles. The number of hydrogen-bond acceptors (Lipinski definition) is 5. The first-order chi connectivity index (χ1) is 9.50. The predicted octanol–water partition coefficient (Wildman–Crippen LogP) is 3.24. The van der Waals surface area contributed by atoms with E-state index < -0.39 is 10.9 Å². The van der Waals surface area contributed by atoms with E-state index in [-0.39, 0.29) is 27.2 Å². The fourth-order valence-electron chi connectivity index (χ4n) is 1.47. The van der Waals surface area contributed by atoms with Crippen molar-refractivity contribution in [2.24, 2.45) is 0 Å². The number of nitro benzene ring substituents is 1. The first-order valence-electron chi connectivity index (χ1n) is 5.28. The number of hydrogen-bond donors (Lipinski definition) is 1. The van der Waals surface area contributed by atoms with Crippen LogP contribution in [-0.4, -0.2) is 21.0 Å². The lowest BCUT2D eigenvalue weighted by Crippen LogP contribution is -2.01. The van der Waals surface area contributed by atoms with Gasteiger partial charge < -0.3 is 9.84 Å². The maximum atomic E-state index is 11.0. The Hall–Kier alpha value is -2.48. The maximum absolute atomic E-state index is 11.0. The van der Waals surface area contributed by atoms with Gasteiger partial charge in [0.15, 0.2) is 0 Å². The molecule has 7 nitrogen and oxygen atoms in total. The van der Waals surface area contributed by atoms with Crippen molar-refractivity contribution in [3.05, 3.63) is 56.8 Å². The molecule has 0 aliphatic carbocycles. The topological polar surface area (TPSA) is 103 Å². The van der Waals surface area contributed by atoms with Crippen molar-refractivity contribution in [3.63, 3.8) is 0 Å². The molecule has 2 aromatic rings. The Morgan fingerprint density at radius 2 is 2.10 bits per heavy atom. The van der Waals surface area contributed by atoms with Gasteiger partial charge in [0.2, 0.25) is 0 Å². The van der Waals surface area contributed by atoms with Gasteiger partial charge in [-0.15, -0.1) is 0 Å². The van der Waals surface area contributed by atoms with E-state index in [9.17, 15) is 14.9 Å². The molecule has 2 rings (SSSR count). The second-order valence-electron chi connectivity index (χ2n) is 3.63. The smallest absolute Gasteiger partial charge is 0.341 e. The Morgan fingerprint density at radius 1 is 1.35 bits per heavy atom. The Bertz CT molecular complexity index is 689. The number of pyridine rings is 1. The summed E-state index contributed by atoms with van der Waals surface area (Å²) >= 11 is 3.07. The van der Waals surface area contributed by atoms with E-state index in [4.69, 9.17) is 9.84 Å². The third-order valence-corrected chi connectivity index (χ3v) is 3.17. The number of ether oxygens (including phenoxy) is 1. The fraction of sp³-hybridized carbons (Fsp3) is 0. The van der Waals surface area contributed by atoms with Crippen LogP contribution in [0, 0.1) is 10.1 Å². The number of benzene rings is 1. The molecule has 0 amide bonds. The highest BCUT2D eigenvalue weighted by Gasteiger charge is 2.18. The zero-order chi connectivity index (χ0) is 14.7. The van der Waals surface area contributed by atoms with Gasteiger partial charge in [-0.25, -0.2) is 4.79 Å². The number of nitrogens with zero attached hydrogens (tertiary/aromatic N) is 2. The quantitative estimate of drug-likeness (QED) is 0.678. The number of aromatic carboxylic acids is 1. The zero-order valence-electron chi connectivity index (χ0n) is 9.82. The van der Waals surface area contributed by atoms with Gasteiger partial charge in [-0.1, -0.05) is 6.07 Å². The minimum Gasteiger partial charge on any atom is -0.477 e. The number of carboxylic acids is 1. The van der Waals surface area contributed by atoms with Crippen LogP contribution in [0.4, 0.5) is 5.69 Å². The lowest BCUT2D eigenvalue weighted by Gasteiger charge is -2.09. The SMILES string of the molecule is O=C(O)c1cnccc1Oc1cccc([N+](=O)[O-])c1Br. The molecule has 8 heteroatoms. The van der Waals surface area contributed by atoms with Gasteiger partial charge in [-0.3, -0.25) is 15.1 Å². The molecule has 20 heavy (non-hydrogen) atoms. The van der Waals surface area contributed by atoms with E-state index in [2.05, 4.69) is 20.9 Å². The fourth-order valence-corrected chi connectivity index (χ4v) is 1.96. The number of halogens is 1. The van der Waals surface area contributed by atoms with Crippen molar-refractivity contribution >= 4 is 27.6 Å². The Kier molecular flexibility index (Phi) is 3.94. The molecular weight excluding hydrogens is 332 g/mol. The lowest BCUT2D eigenvalue weighted by atomic mass is 10.2. The molecule has 102 valence electrons. The summed E-state index contributed by atoms with van der Waals surface area (Å²) < 4.78 is 5.56. The number of carbonyl (C=O) groups is 1. The van der Waals surface area contributed by atoms with Crippen molar-refractivity contribution in [2.45, 2.75) is 0 Å². The molecule has 0 aliphatic heterocycles. The summed E-state index contributed by atoms with van der Waals surface area (Å²) in [6.45, 7) is 0. The number of rotatable bonds is 4. The molecule has 0 unspecified atom stereocenters. The van der Waals surface area contributed by atoms with Crippen LogP contribution < -0.4 is 4.74 Å². The summed E-state index contributed by atoms with van der Waals surface area (Å²) in [6.07, 6.45) is 2.51. The molecule has 0 saturated heterocycles. The summed E-state index contributed by atoms with van der Waals surface area (Å²) in [6, 6.07) is 5.61. The van der Waals surface area contributed by atoms with Crippen molar-refractivity contribution in [3.8, 4) is 11.5 Å². The lowest BCUT2D eigenvalue weighted by molar-refractivity contribution is -0.385. The molecule has 0 radical (unpaired) electrons. The Morgan fingerprint density at radius 3 is 2.75 bits per heavy atom. The van der Waals surface area contributed by atoms with Gasteiger partial charge in [0.25, 0.3) is 5.69 Å². The first kappa shape index (κ1) is 13.9. The molecule has 0 atom stereocenters. The van der Waals surface area contributed by atoms with E-state index in [1.807, 2.05) is 0 Å². The van der Waals surface area contributed by atoms with E-state index in [0.29, 0.717) is 0 Å². The van der Waals surface area contributed by atoms with Gasteiger partial charge in [0.05, 0.1) is 4.92 Å². The van der Waals surface area contributed by atoms with Crippen LogP contribution in [-0.2, 0) is 0 Å². The molecule has 0 aliphatic rings. The van der Waals surface area contributed by atoms with E-state index in [1.165, 1.54) is 30.5 Å². The molecular formula is C12H7BrN2O5. The van der Waals surface area contributed by atoms with Crippen molar-refractivity contribution < 1.29 is 19.6 Å². The molecule has 0 saturated carbocycles. The molecule has 0 spiro atoms. The average molecular weight is 339 g/mol. The number of aromatic nitrogens is 1. The second kappa shape index (κ2) is 5.66. The van der Waals surface area contributed by atoms with Gasteiger partial charge in [0, 0.05) is 24.5 Å². The van der Waals surface area contributed by atoms with Crippen LogP contribution in [0.3, 0.4) is 0 Å². The van der Waals surface area contributed by atoms with Gasteiger partial charge in [-0.05, 0) is 22.0 Å². The third-order valence-electron chi connectivity index (χ3n) is 2.37. The highest BCUT2D eigenvalue weighted by molar-refractivity contribution is 9.10. The van der Waals surface area contributed by atoms with Gasteiger partial charge in [0.1, 0.15) is 21.5 Å².